The molecule has 1 aromatic heterocycles. The third-order valence-corrected chi connectivity index (χ3v) is 5.34. The minimum atomic E-state index is 0.402. The van der Waals surface area contributed by atoms with Crippen molar-refractivity contribution in [1.82, 2.24) is 14.9 Å². The molecule has 2 heterocycles. The largest absolute Gasteiger partial charge is 0.366 e. The van der Waals surface area contributed by atoms with Crippen molar-refractivity contribution >= 4 is 35.0 Å². The second-order valence-electron chi connectivity index (χ2n) is 7.31. The summed E-state index contributed by atoms with van der Waals surface area (Å²) in [7, 11) is 3.66. The van der Waals surface area contributed by atoms with Crippen molar-refractivity contribution in [3.05, 3.63) is 41.0 Å². The molecule has 0 bridgehead atoms. The molecule has 8 heteroatoms. The van der Waals surface area contributed by atoms with Crippen molar-refractivity contribution < 1.29 is 0 Å². The van der Waals surface area contributed by atoms with E-state index >= 15 is 0 Å². The van der Waals surface area contributed by atoms with E-state index in [0.717, 1.165) is 36.7 Å². The zero-order valence-electron chi connectivity index (χ0n) is 17.6. The van der Waals surface area contributed by atoms with Crippen molar-refractivity contribution in [2.45, 2.75) is 32.7 Å². The molecular formula is C21H30ClN7. The van der Waals surface area contributed by atoms with Gasteiger partial charge in [0.25, 0.3) is 0 Å². The lowest BCUT2D eigenvalue weighted by Crippen LogP contribution is -2.42. The fourth-order valence-electron chi connectivity index (χ4n) is 3.56. The molecule has 1 fully saturated rings. The molecule has 7 nitrogen and oxygen atoms in total. The Morgan fingerprint density at radius 1 is 1.34 bits per heavy atom. The van der Waals surface area contributed by atoms with Gasteiger partial charge in [-0.1, -0.05) is 24.6 Å². The molecule has 1 aliphatic heterocycles. The monoisotopic (exact) mass is 415 g/mol. The van der Waals surface area contributed by atoms with Gasteiger partial charge in [-0.15, -0.1) is 0 Å². The van der Waals surface area contributed by atoms with Gasteiger partial charge in [0.05, 0.1) is 0 Å². The Labute approximate surface area is 178 Å². The molecule has 156 valence electrons. The molecule has 2 N–H and O–H groups in total. The Morgan fingerprint density at radius 2 is 2.17 bits per heavy atom. The summed E-state index contributed by atoms with van der Waals surface area (Å²) in [6, 6.07) is 10.0. The lowest BCUT2D eigenvalue weighted by atomic mass is 10.1. The molecule has 0 spiro atoms. The molecule has 0 amide bonds. The van der Waals surface area contributed by atoms with Crippen molar-refractivity contribution in [1.29, 1.82) is 0 Å². The lowest BCUT2D eigenvalue weighted by Gasteiger charge is -2.32. The number of hydrogen-bond acceptors (Lipinski definition) is 5. The molecule has 0 saturated carbocycles. The second-order valence-corrected chi connectivity index (χ2v) is 7.74. The van der Waals surface area contributed by atoms with Gasteiger partial charge in [-0.05, 0) is 51.1 Å². The Bertz CT molecular complexity index is 855. The van der Waals surface area contributed by atoms with Crippen LogP contribution in [0.4, 0.5) is 17.5 Å². The van der Waals surface area contributed by atoms with Crippen molar-refractivity contribution in [3.63, 3.8) is 0 Å². The number of guanidine groups is 1. The van der Waals surface area contributed by atoms with Gasteiger partial charge in [0, 0.05) is 49.2 Å². The maximum Gasteiger partial charge on any atom is 0.231 e. The van der Waals surface area contributed by atoms with Crippen LogP contribution in [0.2, 0.25) is 5.02 Å². The van der Waals surface area contributed by atoms with Gasteiger partial charge >= 0.3 is 0 Å². The lowest BCUT2D eigenvalue weighted by molar-refractivity contribution is 0.226. The van der Waals surface area contributed by atoms with E-state index in [1.165, 1.54) is 13.0 Å². The predicted octanol–water partition coefficient (Wildman–Crippen LogP) is 3.87. The standard InChI is InChI=1S/C21H30ClN7/c1-5-29-11-7-9-17(14-29)25-19-12-15(2)24-20(26-19)27-21(23-3)28(4)18-10-6-8-16(22)13-18/h6,8,10,12-13,17H,5,7,9,11,14H2,1-4H3,(H2,23,24,25,26,27). The molecule has 1 aliphatic rings. The molecule has 0 radical (unpaired) electrons. The van der Waals surface area contributed by atoms with Gasteiger partial charge < -0.3 is 15.1 Å². The van der Waals surface area contributed by atoms with Crippen LogP contribution in [0.25, 0.3) is 0 Å². The van der Waals surface area contributed by atoms with Crippen LogP contribution in [0, 0.1) is 6.92 Å². The molecule has 0 aliphatic carbocycles. The van der Waals surface area contributed by atoms with Gasteiger partial charge in [0.1, 0.15) is 5.82 Å². The van der Waals surface area contributed by atoms with E-state index < -0.39 is 0 Å². The highest BCUT2D eigenvalue weighted by atomic mass is 35.5. The highest BCUT2D eigenvalue weighted by Gasteiger charge is 2.19. The zero-order chi connectivity index (χ0) is 20.8. The van der Waals surface area contributed by atoms with Crippen molar-refractivity contribution in [2.24, 2.45) is 4.99 Å². The Kier molecular flexibility index (Phi) is 7.28. The number of hydrogen-bond donors (Lipinski definition) is 2. The predicted molar refractivity (Wildman–Crippen MR) is 122 cm³/mol. The number of benzene rings is 1. The fourth-order valence-corrected chi connectivity index (χ4v) is 3.75. The number of rotatable bonds is 5. The highest BCUT2D eigenvalue weighted by molar-refractivity contribution is 6.31. The van der Waals surface area contributed by atoms with Crippen LogP contribution in [0.5, 0.6) is 0 Å². The molecule has 3 rings (SSSR count). The number of halogens is 1. The first kappa shape index (κ1) is 21.3. The number of aliphatic imine (C=N–C) groups is 1. The zero-order valence-corrected chi connectivity index (χ0v) is 18.4. The maximum atomic E-state index is 6.13. The molecule has 29 heavy (non-hydrogen) atoms. The van der Waals surface area contributed by atoms with Crippen LogP contribution in [0.15, 0.2) is 35.3 Å². The van der Waals surface area contributed by atoms with E-state index in [0.29, 0.717) is 23.0 Å². The number of likely N-dealkylation sites (tertiary alicyclic amines) is 1. The summed E-state index contributed by atoms with van der Waals surface area (Å²) in [6.07, 6.45) is 2.36. The molecular weight excluding hydrogens is 386 g/mol. The summed E-state index contributed by atoms with van der Waals surface area (Å²) in [6.45, 7) is 7.49. The van der Waals surface area contributed by atoms with Crippen LogP contribution in [0.1, 0.15) is 25.5 Å². The summed E-state index contributed by atoms with van der Waals surface area (Å²) < 4.78 is 0. The van der Waals surface area contributed by atoms with E-state index in [1.54, 1.807) is 7.05 Å². The van der Waals surface area contributed by atoms with Crippen molar-refractivity contribution in [3.8, 4) is 0 Å². The molecule has 1 unspecified atom stereocenters. The Morgan fingerprint density at radius 3 is 2.90 bits per heavy atom. The number of nitrogens with one attached hydrogen (secondary N) is 2. The minimum Gasteiger partial charge on any atom is -0.366 e. The number of likely N-dealkylation sites (N-methyl/N-ethyl adjacent to an activating group) is 1. The number of nitrogens with zero attached hydrogens (tertiary/aromatic N) is 5. The fraction of sp³-hybridized carbons (Fsp3) is 0.476. The summed E-state index contributed by atoms with van der Waals surface area (Å²) >= 11 is 6.13. The highest BCUT2D eigenvalue weighted by Crippen LogP contribution is 2.20. The number of anilines is 3. The van der Waals surface area contributed by atoms with Gasteiger partial charge in [0.15, 0.2) is 0 Å². The SMILES string of the molecule is CCN1CCCC(Nc2cc(C)nc(N/C(=N/C)N(C)c3cccc(Cl)c3)n2)C1. The van der Waals surface area contributed by atoms with E-state index in [4.69, 9.17) is 11.6 Å². The van der Waals surface area contributed by atoms with Gasteiger partial charge in [-0.25, -0.2) is 4.98 Å². The first-order chi connectivity index (χ1) is 14.0. The van der Waals surface area contributed by atoms with Crippen LogP contribution in [-0.4, -0.2) is 60.6 Å². The van der Waals surface area contributed by atoms with Crippen LogP contribution < -0.4 is 15.5 Å². The third-order valence-electron chi connectivity index (χ3n) is 5.11. The van der Waals surface area contributed by atoms with Crippen LogP contribution in [-0.2, 0) is 0 Å². The Hall–Kier alpha value is -2.38. The number of aryl methyl sites for hydroxylation is 1. The van der Waals surface area contributed by atoms with E-state index in [2.05, 4.69) is 37.4 Å². The first-order valence-electron chi connectivity index (χ1n) is 10.1. The first-order valence-corrected chi connectivity index (χ1v) is 10.4. The van der Waals surface area contributed by atoms with Crippen molar-refractivity contribution in [2.75, 3.05) is 49.3 Å². The van der Waals surface area contributed by atoms with E-state index in [1.807, 2.05) is 49.2 Å². The van der Waals surface area contributed by atoms with Gasteiger partial charge in [-0.3, -0.25) is 10.3 Å². The molecule has 2 aromatic rings. The van der Waals surface area contributed by atoms with Gasteiger partial charge in [0.2, 0.25) is 11.9 Å². The van der Waals surface area contributed by atoms with Crippen LogP contribution in [0.3, 0.4) is 0 Å². The topological polar surface area (TPSA) is 68.7 Å². The summed E-state index contributed by atoms with van der Waals surface area (Å²) in [5, 5.41) is 7.50. The van der Waals surface area contributed by atoms with E-state index in [-0.39, 0.29) is 0 Å². The second kappa shape index (κ2) is 9.89. The molecule has 1 atom stereocenters. The number of piperidine rings is 1. The number of aromatic nitrogens is 2. The minimum absolute atomic E-state index is 0.402. The Balaban J connectivity index is 1.73. The normalized spacial score (nSPS) is 17.8. The average molecular weight is 416 g/mol. The third kappa shape index (κ3) is 5.81. The van der Waals surface area contributed by atoms with E-state index in [9.17, 15) is 0 Å². The quantitative estimate of drug-likeness (QED) is 0.570. The summed E-state index contributed by atoms with van der Waals surface area (Å²) in [4.78, 5) is 18.0. The maximum absolute atomic E-state index is 6.13. The average Bonchev–Trinajstić information content (AvgIpc) is 2.71. The smallest absolute Gasteiger partial charge is 0.231 e. The summed E-state index contributed by atoms with van der Waals surface area (Å²) in [5.41, 5.74) is 1.83. The molecule has 1 aromatic carbocycles. The van der Waals surface area contributed by atoms with Crippen LogP contribution >= 0.6 is 11.6 Å². The summed E-state index contributed by atoms with van der Waals surface area (Å²) in [5.74, 6) is 1.99. The van der Waals surface area contributed by atoms with Gasteiger partial charge in [-0.2, -0.15) is 4.98 Å². The molecule has 1 saturated heterocycles.